The van der Waals surface area contributed by atoms with Gasteiger partial charge in [0.1, 0.15) is 23.6 Å². The molecule has 28 heavy (non-hydrogen) atoms. The molecule has 8 nitrogen and oxygen atoms in total. The standard InChI is InChI=1S/C20H22N6O2/c1-12-2-3-17(28-12)15-10-16(25-24-15)20(27)26-9-6-14-18(23-11-22-14)19(26)13-4-7-21-8-5-13/h2-5,7-8,11,15-16,19,24-25H,6,9-10H2,1H3,(H,22,23). The minimum Gasteiger partial charge on any atom is -0.465 e. The number of nitrogens with zero attached hydrogens (tertiary/aromatic N) is 3. The van der Waals surface area contributed by atoms with Crippen LogP contribution in [0.15, 0.2) is 47.4 Å². The van der Waals surface area contributed by atoms with Gasteiger partial charge in [-0.25, -0.2) is 15.8 Å². The lowest BCUT2D eigenvalue weighted by atomic mass is 9.95. The van der Waals surface area contributed by atoms with Crippen molar-refractivity contribution in [1.82, 2.24) is 30.7 Å². The van der Waals surface area contributed by atoms with Gasteiger partial charge in [-0.05, 0) is 43.2 Å². The maximum Gasteiger partial charge on any atom is 0.241 e. The summed E-state index contributed by atoms with van der Waals surface area (Å²) in [5.74, 6) is 1.78. The molecule has 0 bridgehead atoms. The van der Waals surface area contributed by atoms with E-state index < -0.39 is 0 Å². The fraction of sp³-hybridized carbons (Fsp3) is 0.350. The van der Waals surface area contributed by atoms with Crippen LogP contribution in [0.1, 0.15) is 47.0 Å². The number of fused-ring (bicyclic) bond motifs is 1. The van der Waals surface area contributed by atoms with Crippen LogP contribution in [0.3, 0.4) is 0 Å². The smallest absolute Gasteiger partial charge is 0.241 e. The largest absolute Gasteiger partial charge is 0.465 e. The number of amides is 1. The molecule has 0 aromatic carbocycles. The number of carbonyl (C=O) groups is 1. The van der Waals surface area contributed by atoms with Crippen LogP contribution in [-0.2, 0) is 11.2 Å². The molecule has 1 saturated heterocycles. The number of hydrogen-bond donors (Lipinski definition) is 3. The van der Waals surface area contributed by atoms with Gasteiger partial charge in [-0.2, -0.15) is 0 Å². The SMILES string of the molecule is Cc1ccc(C2CC(C(=O)N3CCc4[nH]cnc4C3c3ccncc3)NN2)o1. The number of aryl methyl sites for hydroxylation is 1. The van der Waals surface area contributed by atoms with E-state index in [0.717, 1.165) is 34.9 Å². The second kappa shape index (κ2) is 6.88. The number of nitrogens with one attached hydrogen (secondary N) is 3. The van der Waals surface area contributed by atoms with Gasteiger partial charge in [0.2, 0.25) is 5.91 Å². The van der Waals surface area contributed by atoms with Crippen LogP contribution in [0.2, 0.25) is 0 Å². The fourth-order valence-electron chi connectivity index (χ4n) is 4.14. The molecule has 5 heterocycles. The van der Waals surface area contributed by atoms with E-state index in [2.05, 4.69) is 25.8 Å². The maximum atomic E-state index is 13.4. The van der Waals surface area contributed by atoms with Crippen molar-refractivity contribution >= 4 is 5.91 Å². The van der Waals surface area contributed by atoms with E-state index in [1.54, 1.807) is 18.7 Å². The van der Waals surface area contributed by atoms with Gasteiger partial charge in [0, 0.05) is 31.1 Å². The zero-order chi connectivity index (χ0) is 19.1. The van der Waals surface area contributed by atoms with E-state index in [-0.39, 0.29) is 24.0 Å². The van der Waals surface area contributed by atoms with Crippen LogP contribution in [0.4, 0.5) is 0 Å². The monoisotopic (exact) mass is 378 g/mol. The number of hydrazine groups is 1. The summed E-state index contributed by atoms with van der Waals surface area (Å²) in [6, 6.07) is 7.24. The molecule has 2 aliphatic rings. The van der Waals surface area contributed by atoms with Gasteiger partial charge in [0.15, 0.2) is 0 Å². The number of hydrogen-bond acceptors (Lipinski definition) is 6. The maximum absolute atomic E-state index is 13.4. The molecule has 3 aromatic heterocycles. The average molecular weight is 378 g/mol. The van der Waals surface area contributed by atoms with Crippen LogP contribution < -0.4 is 10.9 Å². The first kappa shape index (κ1) is 17.2. The number of aromatic nitrogens is 3. The summed E-state index contributed by atoms with van der Waals surface area (Å²) >= 11 is 0. The van der Waals surface area contributed by atoms with Crippen LogP contribution in [0.25, 0.3) is 0 Å². The van der Waals surface area contributed by atoms with Crippen molar-refractivity contribution < 1.29 is 9.21 Å². The summed E-state index contributed by atoms with van der Waals surface area (Å²) in [6.45, 7) is 2.56. The molecule has 1 amide bonds. The first-order chi connectivity index (χ1) is 13.7. The quantitative estimate of drug-likeness (QED) is 0.643. The number of rotatable bonds is 3. The lowest BCUT2D eigenvalue weighted by Crippen LogP contribution is -2.49. The van der Waals surface area contributed by atoms with Gasteiger partial charge in [-0.3, -0.25) is 9.78 Å². The first-order valence-corrected chi connectivity index (χ1v) is 9.50. The molecule has 3 unspecified atom stereocenters. The minimum atomic E-state index is -0.319. The lowest BCUT2D eigenvalue weighted by Gasteiger charge is -2.36. The first-order valence-electron chi connectivity index (χ1n) is 9.50. The van der Waals surface area contributed by atoms with Crippen molar-refractivity contribution in [1.29, 1.82) is 0 Å². The van der Waals surface area contributed by atoms with Crippen LogP contribution in [0.5, 0.6) is 0 Å². The third-order valence-electron chi connectivity index (χ3n) is 5.54. The Morgan fingerprint density at radius 1 is 1.21 bits per heavy atom. The molecule has 0 spiro atoms. The number of pyridine rings is 1. The Morgan fingerprint density at radius 3 is 2.86 bits per heavy atom. The van der Waals surface area contributed by atoms with Gasteiger partial charge in [0.25, 0.3) is 0 Å². The topological polar surface area (TPSA) is 99.1 Å². The predicted molar refractivity (Wildman–Crippen MR) is 101 cm³/mol. The number of aromatic amines is 1. The van der Waals surface area contributed by atoms with Gasteiger partial charge >= 0.3 is 0 Å². The van der Waals surface area contributed by atoms with Crippen molar-refractivity contribution in [3.8, 4) is 0 Å². The Morgan fingerprint density at radius 2 is 2.07 bits per heavy atom. The Bertz CT molecular complexity index is 982. The Labute approximate surface area is 162 Å². The molecule has 3 N–H and O–H groups in total. The highest BCUT2D eigenvalue weighted by molar-refractivity contribution is 5.83. The zero-order valence-corrected chi connectivity index (χ0v) is 15.6. The summed E-state index contributed by atoms with van der Waals surface area (Å²) in [4.78, 5) is 27.2. The van der Waals surface area contributed by atoms with Gasteiger partial charge in [-0.15, -0.1) is 0 Å². The van der Waals surface area contributed by atoms with Crippen molar-refractivity contribution in [3.63, 3.8) is 0 Å². The highest BCUT2D eigenvalue weighted by Crippen LogP contribution is 2.34. The Balaban J connectivity index is 1.41. The van der Waals surface area contributed by atoms with Gasteiger partial charge in [-0.1, -0.05) is 0 Å². The molecule has 2 aliphatic heterocycles. The molecule has 8 heteroatoms. The van der Waals surface area contributed by atoms with Crippen LogP contribution in [0, 0.1) is 6.92 Å². The Kier molecular flexibility index (Phi) is 4.22. The summed E-state index contributed by atoms with van der Waals surface area (Å²) < 4.78 is 5.72. The minimum absolute atomic E-state index is 0.0206. The predicted octanol–water partition coefficient (Wildman–Crippen LogP) is 1.79. The zero-order valence-electron chi connectivity index (χ0n) is 15.6. The number of imidazole rings is 1. The fourth-order valence-corrected chi connectivity index (χ4v) is 4.14. The molecule has 1 fully saturated rings. The number of furan rings is 1. The van der Waals surface area contributed by atoms with Crippen molar-refractivity contribution in [3.05, 3.63) is 71.5 Å². The second-order valence-electron chi connectivity index (χ2n) is 7.31. The third-order valence-corrected chi connectivity index (χ3v) is 5.54. The highest BCUT2D eigenvalue weighted by Gasteiger charge is 2.40. The molecule has 0 saturated carbocycles. The number of carbonyl (C=O) groups excluding carboxylic acids is 1. The second-order valence-corrected chi connectivity index (χ2v) is 7.31. The molecule has 5 rings (SSSR count). The molecule has 0 radical (unpaired) electrons. The van der Waals surface area contributed by atoms with Crippen LogP contribution >= 0.6 is 0 Å². The summed E-state index contributed by atoms with van der Waals surface area (Å²) in [7, 11) is 0. The number of H-pyrrole nitrogens is 1. The highest BCUT2D eigenvalue weighted by atomic mass is 16.3. The summed E-state index contributed by atoms with van der Waals surface area (Å²) in [5, 5.41) is 0. The van der Waals surface area contributed by atoms with E-state index in [1.165, 1.54) is 0 Å². The van der Waals surface area contributed by atoms with E-state index >= 15 is 0 Å². The van der Waals surface area contributed by atoms with E-state index in [1.807, 2.05) is 36.1 Å². The van der Waals surface area contributed by atoms with E-state index in [4.69, 9.17) is 4.42 Å². The van der Waals surface area contributed by atoms with Gasteiger partial charge < -0.3 is 14.3 Å². The molecular weight excluding hydrogens is 356 g/mol. The summed E-state index contributed by atoms with van der Waals surface area (Å²) in [5.41, 5.74) is 9.38. The van der Waals surface area contributed by atoms with Crippen molar-refractivity contribution in [2.45, 2.75) is 37.9 Å². The summed E-state index contributed by atoms with van der Waals surface area (Å²) in [6.07, 6.45) is 6.62. The molecule has 3 atom stereocenters. The van der Waals surface area contributed by atoms with Crippen molar-refractivity contribution in [2.24, 2.45) is 0 Å². The molecule has 0 aliphatic carbocycles. The Hall–Kier alpha value is -2.97. The lowest BCUT2D eigenvalue weighted by molar-refractivity contribution is -0.135. The van der Waals surface area contributed by atoms with E-state index in [0.29, 0.717) is 13.0 Å². The third kappa shape index (κ3) is 2.90. The molecular formula is C20H22N6O2. The van der Waals surface area contributed by atoms with E-state index in [9.17, 15) is 4.79 Å². The molecule has 3 aromatic rings. The average Bonchev–Trinajstić information content (AvgIpc) is 3.47. The normalized spacial score (nSPS) is 24.3. The van der Waals surface area contributed by atoms with Crippen LogP contribution in [-0.4, -0.2) is 38.3 Å². The van der Waals surface area contributed by atoms with Crippen molar-refractivity contribution in [2.75, 3.05) is 6.54 Å². The molecule has 144 valence electrons. The van der Waals surface area contributed by atoms with Gasteiger partial charge in [0.05, 0.1) is 18.1 Å².